The molecule has 1 saturated carbocycles. The Balaban J connectivity index is 1.75. The minimum atomic E-state index is -0.374. The van der Waals surface area contributed by atoms with Crippen LogP contribution >= 0.6 is 0 Å². The van der Waals surface area contributed by atoms with Crippen molar-refractivity contribution in [1.82, 2.24) is 4.98 Å². The maximum Gasteiger partial charge on any atom is 0.0807 e. The minimum Gasteiger partial charge on any atom is -0.388 e. The molecule has 0 aliphatic heterocycles. The molecule has 16 heavy (non-hydrogen) atoms. The number of aromatic nitrogens is 1. The van der Waals surface area contributed by atoms with E-state index in [1.807, 2.05) is 19.1 Å². The van der Waals surface area contributed by atoms with E-state index in [2.05, 4.69) is 4.98 Å². The van der Waals surface area contributed by atoms with E-state index in [0.717, 1.165) is 31.4 Å². The number of rotatable bonds is 5. The molecule has 1 N–H and O–H groups in total. The van der Waals surface area contributed by atoms with Gasteiger partial charge in [-0.2, -0.15) is 0 Å². The van der Waals surface area contributed by atoms with Gasteiger partial charge in [0.15, 0.2) is 0 Å². The highest BCUT2D eigenvalue weighted by Gasteiger charge is 2.31. The fourth-order valence-electron chi connectivity index (χ4n) is 2.26. The molecule has 0 saturated heterocycles. The van der Waals surface area contributed by atoms with Gasteiger partial charge in [-0.05, 0) is 43.7 Å². The zero-order valence-electron chi connectivity index (χ0n) is 9.67. The Kier molecular flexibility index (Phi) is 3.91. The first-order valence-corrected chi connectivity index (χ1v) is 5.99. The van der Waals surface area contributed by atoms with Crippen LogP contribution in [-0.2, 0) is 4.74 Å². The number of ether oxygens (including phenoxy) is 1. The van der Waals surface area contributed by atoms with Crippen LogP contribution < -0.4 is 0 Å². The summed E-state index contributed by atoms with van der Waals surface area (Å²) in [5.74, 6) is 0.603. The third kappa shape index (κ3) is 2.80. The molecule has 3 nitrogen and oxygen atoms in total. The highest BCUT2D eigenvalue weighted by molar-refractivity contribution is 5.12. The zero-order chi connectivity index (χ0) is 11.4. The van der Waals surface area contributed by atoms with E-state index >= 15 is 0 Å². The van der Waals surface area contributed by atoms with Crippen molar-refractivity contribution in [3.8, 4) is 0 Å². The molecule has 0 amide bonds. The Bertz CT molecular complexity index is 309. The molecule has 0 bridgehead atoms. The number of hydrogen-bond donors (Lipinski definition) is 1. The number of hydrogen-bond acceptors (Lipinski definition) is 3. The van der Waals surface area contributed by atoms with Crippen LogP contribution in [0.25, 0.3) is 0 Å². The number of aliphatic hydroxyl groups is 1. The van der Waals surface area contributed by atoms with Crippen LogP contribution in [0.1, 0.15) is 37.9 Å². The predicted octanol–water partition coefficient (Wildman–Crippen LogP) is 2.32. The van der Waals surface area contributed by atoms with Gasteiger partial charge >= 0.3 is 0 Å². The molecule has 1 aliphatic rings. The molecular weight excluding hydrogens is 202 g/mol. The second kappa shape index (κ2) is 5.41. The van der Waals surface area contributed by atoms with E-state index in [1.54, 1.807) is 12.4 Å². The van der Waals surface area contributed by atoms with Crippen LogP contribution in [0.5, 0.6) is 0 Å². The zero-order valence-corrected chi connectivity index (χ0v) is 9.67. The van der Waals surface area contributed by atoms with Crippen LogP contribution in [-0.4, -0.2) is 22.8 Å². The first kappa shape index (κ1) is 11.6. The van der Waals surface area contributed by atoms with Crippen molar-refractivity contribution >= 4 is 0 Å². The van der Waals surface area contributed by atoms with E-state index in [9.17, 15) is 5.11 Å². The standard InChI is InChI=1S/C13H19NO2/c1-2-16-12-6-10(7-12)8-13(15)11-4-3-5-14-9-11/h3-5,9-10,12-13,15H,2,6-8H2,1H3. The predicted molar refractivity (Wildman–Crippen MR) is 62.0 cm³/mol. The summed E-state index contributed by atoms with van der Waals surface area (Å²) in [5, 5.41) is 9.99. The van der Waals surface area contributed by atoms with Crippen molar-refractivity contribution in [3.63, 3.8) is 0 Å². The summed E-state index contributed by atoms with van der Waals surface area (Å²) in [6.45, 7) is 2.82. The smallest absolute Gasteiger partial charge is 0.0807 e. The third-order valence-corrected chi connectivity index (χ3v) is 3.22. The Hall–Kier alpha value is -0.930. The average Bonchev–Trinajstić information content (AvgIpc) is 2.27. The SMILES string of the molecule is CCOC1CC(CC(O)c2cccnc2)C1. The minimum absolute atomic E-state index is 0.374. The molecule has 0 radical (unpaired) electrons. The summed E-state index contributed by atoms with van der Waals surface area (Å²) in [4.78, 5) is 4.02. The van der Waals surface area contributed by atoms with Gasteiger partial charge in [0.1, 0.15) is 0 Å². The van der Waals surface area contributed by atoms with Gasteiger partial charge in [0.2, 0.25) is 0 Å². The lowest BCUT2D eigenvalue weighted by Gasteiger charge is -2.36. The quantitative estimate of drug-likeness (QED) is 0.829. The van der Waals surface area contributed by atoms with Crippen molar-refractivity contribution in [2.24, 2.45) is 5.92 Å². The number of aliphatic hydroxyl groups excluding tert-OH is 1. The highest BCUT2D eigenvalue weighted by atomic mass is 16.5. The molecular formula is C13H19NO2. The van der Waals surface area contributed by atoms with Crippen LogP contribution in [0.4, 0.5) is 0 Å². The molecule has 2 rings (SSSR count). The largest absolute Gasteiger partial charge is 0.388 e. The van der Waals surface area contributed by atoms with Crippen LogP contribution in [0.2, 0.25) is 0 Å². The van der Waals surface area contributed by atoms with Crippen molar-refractivity contribution < 1.29 is 9.84 Å². The van der Waals surface area contributed by atoms with Gasteiger partial charge in [-0.3, -0.25) is 4.98 Å². The first-order chi connectivity index (χ1) is 7.79. The topological polar surface area (TPSA) is 42.4 Å². The fraction of sp³-hybridized carbons (Fsp3) is 0.615. The van der Waals surface area contributed by atoms with Gasteiger partial charge in [0, 0.05) is 19.0 Å². The van der Waals surface area contributed by atoms with Crippen molar-refractivity contribution in [2.75, 3.05) is 6.61 Å². The first-order valence-electron chi connectivity index (χ1n) is 5.99. The average molecular weight is 221 g/mol. The molecule has 3 heteroatoms. The number of nitrogens with zero attached hydrogens (tertiary/aromatic N) is 1. The number of pyridine rings is 1. The normalized spacial score (nSPS) is 26.1. The summed E-state index contributed by atoms with van der Waals surface area (Å²) in [6, 6.07) is 3.79. The van der Waals surface area contributed by atoms with Crippen molar-refractivity contribution in [3.05, 3.63) is 30.1 Å². The third-order valence-electron chi connectivity index (χ3n) is 3.22. The van der Waals surface area contributed by atoms with Crippen LogP contribution in [0.15, 0.2) is 24.5 Å². The Morgan fingerprint density at radius 2 is 2.38 bits per heavy atom. The lowest BCUT2D eigenvalue weighted by Crippen LogP contribution is -2.32. The second-order valence-corrected chi connectivity index (χ2v) is 4.45. The van der Waals surface area contributed by atoms with Gasteiger partial charge in [-0.25, -0.2) is 0 Å². The Labute approximate surface area is 96.5 Å². The van der Waals surface area contributed by atoms with E-state index < -0.39 is 0 Å². The summed E-state index contributed by atoms with van der Waals surface area (Å²) in [7, 11) is 0. The molecule has 0 spiro atoms. The lowest BCUT2D eigenvalue weighted by atomic mass is 9.78. The van der Waals surface area contributed by atoms with Crippen LogP contribution in [0, 0.1) is 5.92 Å². The van der Waals surface area contributed by atoms with Gasteiger partial charge < -0.3 is 9.84 Å². The van der Waals surface area contributed by atoms with E-state index in [4.69, 9.17) is 4.74 Å². The fourth-order valence-corrected chi connectivity index (χ4v) is 2.26. The molecule has 1 unspecified atom stereocenters. The van der Waals surface area contributed by atoms with Gasteiger partial charge in [-0.15, -0.1) is 0 Å². The Morgan fingerprint density at radius 1 is 1.56 bits per heavy atom. The highest BCUT2D eigenvalue weighted by Crippen LogP contribution is 2.36. The molecule has 0 aromatic carbocycles. The molecule has 1 aromatic rings. The van der Waals surface area contributed by atoms with E-state index in [1.165, 1.54) is 0 Å². The van der Waals surface area contributed by atoms with Gasteiger partial charge in [0.25, 0.3) is 0 Å². The molecule has 1 atom stereocenters. The summed E-state index contributed by atoms with van der Waals surface area (Å²) >= 11 is 0. The van der Waals surface area contributed by atoms with Crippen LogP contribution in [0.3, 0.4) is 0 Å². The van der Waals surface area contributed by atoms with Crippen molar-refractivity contribution in [2.45, 2.75) is 38.4 Å². The second-order valence-electron chi connectivity index (χ2n) is 4.45. The summed E-state index contributed by atoms with van der Waals surface area (Å²) in [6.07, 6.45) is 6.52. The monoisotopic (exact) mass is 221 g/mol. The maximum atomic E-state index is 9.99. The van der Waals surface area contributed by atoms with E-state index in [-0.39, 0.29) is 6.10 Å². The maximum absolute atomic E-state index is 9.99. The Morgan fingerprint density at radius 3 is 3.00 bits per heavy atom. The summed E-state index contributed by atoms with van der Waals surface area (Å²) < 4.78 is 5.50. The summed E-state index contributed by atoms with van der Waals surface area (Å²) in [5.41, 5.74) is 0.919. The van der Waals surface area contributed by atoms with Gasteiger partial charge in [-0.1, -0.05) is 6.07 Å². The molecule has 1 aliphatic carbocycles. The molecule has 1 aromatic heterocycles. The van der Waals surface area contributed by atoms with E-state index in [0.29, 0.717) is 12.0 Å². The van der Waals surface area contributed by atoms with Crippen molar-refractivity contribution in [1.29, 1.82) is 0 Å². The lowest BCUT2D eigenvalue weighted by molar-refractivity contribution is -0.0380. The molecule has 88 valence electrons. The van der Waals surface area contributed by atoms with Gasteiger partial charge in [0.05, 0.1) is 12.2 Å². The molecule has 1 fully saturated rings. The molecule has 1 heterocycles.